The average molecular weight is 263 g/mol. The summed E-state index contributed by atoms with van der Waals surface area (Å²) in [5, 5.41) is 14.4. The number of halogens is 3. The summed E-state index contributed by atoms with van der Waals surface area (Å²) in [6.07, 6.45) is -3.07. The van der Waals surface area contributed by atoms with Crippen molar-refractivity contribution in [3.8, 4) is 0 Å². The maximum atomic E-state index is 12.1. The van der Waals surface area contributed by atoms with Crippen LogP contribution in [0.5, 0.6) is 0 Å². The van der Waals surface area contributed by atoms with Gasteiger partial charge in [0.15, 0.2) is 6.10 Å². The van der Waals surface area contributed by atoms with E-state index in [4.69, 9.17) is 5.11 Å². The number of hydrogen-bond acceptors (Lipinski definition) is 4. The van der Waals surface area contributed by atoms with Gasteiger partial charge in [0.25, 0.3) is 0 Å². The molecule has 1 rings (SSSR count). The number of nitrogens with zero attached hydrogens (tertiary/aromatic N) is 1. The molecule has 0 aliphatic carbocycles. The van der Waals surface area contributed by atoms with Gasteiger partial charge in [0.05, 0.1) is 23.8 Å². The number of rotatable bonds is 6. The van der Waals surface area contributed by atoms with Gasteiger partial charge in [-0.05, 0) is 12.5 Å². The van der Waals surface area contributed by atoms with Gasteiger partial charge in [0.1, 0.15) is 0 Å². The van der Waals surface area contributed by atoms with Crippen molar-refractivity contribution in [2.45, 2.75) is 25.6 Å². The minimum atomic E-state index is -4.61. The molecular formula is C11H16F3N3O. The first kappa shape index (κ1) is 14.6. The van der Waals surface area contributed by atoms with Gasteiger partial charge in [-0.25, -0.2) is 0 Å². The second kappa shape index (κ2) is 6.44. The molecule has 0 aliphatic rings. The Morgan fingerprint density at radius 1 is 1.28 bits per heavy atom. The summed E-state index contributed by atoms with van der Waals surface area (Å²) in [6.45, 7) is 2.17. The molecule has 0 radical (unpaired) electrons. The zero-order valence-electron chi connectivity index (χ0n) is 9.96. The fraction of sp³-hybridized carbons (Fsp3) is 0.545. The van der Waals surface area contributed by atoms with E-state index in [2.05, 4.69) is 15.6 Å². The van der Waals surface area contributed by atoms with Crippen molar-refractivity contribution < 1.29 is 18.3 Å². The number of aliphatic hydroxyl groups excluding tert-OH is 1. The molecular weight excluding hydrogens is 247 g/mol. The van der Waals surface area contributed by atoms with Crippen molar-refractivity contribution in [1.29, 1.82) is 0 Å². The normalized spacial score (nSPS) is 13.2. The summed E-state index contributed by atoms with van der Waals surface area (Å²) in [4.78, 5) is 3.89. The Kier molecular flexibility index (Phi) is 5.21. The van der Waals surface area contributed by atoms with Crippen LogP contribution in [-0.4, -0.2) is 35.5 Å². The lowest BCUT2D eigenvalue weighted by Gasteiger charge is -2.16. The molecule has 3 N–H and O–H groups in total. The molecule has 1 atom stereocenters. The fourth-order valence-corrected chi connectivity index (χ4v) is 1.23. The predicted molar refractivity (Wildman–Crippen MR) is 63.6 cm³/mol. The predicted octanol–water partition coefficient (Wildman–Crippen LogP) is 2.24. The van der Waals surface area contributed by atoms with Crippen LogP contribution in [0, 0.1) is 0 Å². The lowest BCUT2D eigenvalue weighted by atomic mass is 10.3. The standard InChI is InChI=1S/C11H16F3N3O/c1-2-3-16-8-4-9(6-15-5-8)17-7-10(18)11(12,13)14/h4-6,10,16-18H,2-3,7H2,1H3. The first-order valence-electron chi connectivity index (χ1n) is 5.61. The summed E-state index contributed by atoms with van der Waals surface area (Å²) in [7, 11) is 0. The highest BCUT2D eigenvalue weighted by Gasteiger charge is 2.37. The molecule has 1 heterocycles. The molecule has 18 heavy (non-hydrogen) atoms. The topological polar surface area (TPSA) is 57.2 Å². The number of nitrogens with one attached hydrogen (secondary N) is 2. The monoisotopic (exact) mass is 263 g/mol. The number of hydrogen-bond donors (Lipinski definition) is 3. The number of alkyl halides is 3. The Balaban J connectivity index is 2.52. The van der Waals surface area contributed by atoms with Gasteiger partial charge in [-0.15, -0.1) is 0 Å². The molecule has 4 nitrogen and oxygen atoms in total. The molecule has 0 aliphatic heterocycles. The average Bonchev–Trinajstić information content (AvgIpc) is 2.32. The van der Waals surface area contributed by atoms with Crippen LogP contribution in [-0.2, 0) is 0 Å². The Morgan fingerprint density at radius 2 is 1.89 bits per heavy atom. The molecule has 1 unspecified atom stereocenters. The van der Waals surface area contributed by atoms with E-state index in [0.29, 0.717) is 5.69 Å². The quantitative estimate of drug-likeness (QED) is 0.736. The van der Waals surface area contributed by atoms with Crippen LogP contribution in [0.2, 0.25) is 0 Å². The van der Waals surface area contributed by atoms with Gasteiger partial charge in [0.2, 0.25) is 0 Å². The minimum Gasteiger partial charge on any atom is -0.384 e. The number of aromatic nitrogens is 1. The summed E-state index contributed by atoms with van der Waals surface area (Å²) in [5.41, 5.74) is 1.16. The van der Waals surface area contributed by atoms with Crippen molar-refractivity contribution >= 4 is 11.4 Å². The van der Waals surface area contributed by atoms with E-state index in [-0.39, 0.29) is 0 Å². The van der Waals surface area contributed by atoms with E-state index in [9.17, 15) is 13.2 Å². The molecule has 0 fully saturated rings. The third-order valence-corrected chi connectivity index (χ3v) is 2.19. The van der Waals surface area contributed by atoms with Crippen LogP contribution in [0.4, 0.5) is 24.5 Å². The van der Waals surface area contributed by atoms with E-state index in [1.807, 2.05) is 6.92 Å². The zero-order chi connectivity index (χ0) is 13.6. The Bertz CT molecular complexity index is 371. The maximum Gasteiger partial charge on any atom is 0.416 e. The van der Waals surface area contributed by atoms with Crippen LogP contribution in [0.1, 0.15) is 13.3 Å². The van der Waals surface area contributed by atoms with Crippen molar-refractivity contribution in [1.82, 2.24) is 4.98 Å². The number of pyridine rings is 1. The summed E-state index contributed by atoms with van der Waals surface area (Å²) in [5.74, 6) is 0. The van der Waals surface area contributed by atoms with Gasteiger partial charge in [-0.2, -0.15) is 13.2 Å². The minimum absolute atomic E-state index is 0.430. The molecule has 0 amide bonds. The van der Waals surface area contributed by atoms with Gasteiger partial charge in [-0.3, -0.25) is 4.98 Å². The van der Waals surface area contributed by atoms with Crippen LogP contribution in [0.25, 0.3) is 0 Å². The molecule has 1 aromatic rings. The summed E-state index contributed by atoms with van der Waals surface area (Å²) in [6, 6.07) is 1.64. The SMILES string of the molecule is CCCNc1cncc(NCC(O)C(F)(F)F)c1. The Morgan fingerprint density at radius 3 is 2.44 bits per heavy atom. The Hall–Kier alpha value is -1.50. The highest BCUT2D eigenvalue weighted by molar-refractivity contribution is 5.53. The zero-order valence-corrected chi connectivity index (χ0v) is 9.96. The molecule has 0 aromatic carbocycles. The maximum absolute atomic E-state index is 12.1. The van der Waals surface area contributed by atoms with Crippen molar-refractivity contribution in [2.75, 3.05) is 23.7 Å². The lowest BCUT2D eigenvalue weighted by molar-refractivity contribution is -0.198. The van der Waals surface area contributed by atoms with E-state index in [0.717, 1.165) is 18.7 Å². The highest BCUT2D eigenvalue weighted by Crippen LogP contribution is 2.20. The van der Waals surface area contributed by atoms with Gasteiger partial charge >= 0.3 is 6.18 Å². The largest absolute Gasteiger partial charge is 0.416 e. The Labute approximate surface area is 103 Å². The lowest BCUT2D eigenvalue weighted by Crippen LogP contribution is -2.35. The molecule has 1 aromatic heterocycles. The second-order valence-electron chi connectivity index (χ2n) is 3.83. The fourth-order valence-electron chi connectivity index (χ4n) is 1.23. The van der Waals surface area contributed by atoms with E-state index < -0.39 is 18.8 Å². The summed E-state index contributed by atoms with van der Waals surface area (Å²) < 4.78 is 36.2. The number of aliphatic hydroxyl groups is 1. The van der Waals surface area contributed by atoms with E-state index >= 15 is 0 Å². The summed E-state index contributed by atoms with van der Waals surface area (Å²) >= 11 is 0. The molecule has 102 valence electrons. The molecule has 0 bridgehead atoms. The highest BCUT2D eigenvalue weighted by atomic mass is 19.4. The van der Waals surface area contributed by atoms with Gasteiger partial charge in [-0.1, -0.05) is 6.92 Å². The third kappa shape index (κ3) is 4.79. The molecule has 0 saturated carbocycles. The molecule has 0 saturated heterocycles. The smallest absolute Gasteiger partial charge is 0.384 e. The van der Waals surface area contributed by atoms with Crippen molar-refractivity contribution in [3.05, 3.63) is 18.5 Å². The first-order chi connectivity index (χ1) is 8.43. The molecule has 0 spiro atoms. The van der Waals surface area contributed by atoms with Gasteiger partial charge < -0.3 is 15.7 Å². The third-order valence-electron chi connectivity index (χ3n) is 2.19. The van der Waals surface area contributed by atoms with Crippen molar-refractivity contribution in [2.24, 2.45) is 0 Å². The van der Waals surface area contributed by atoms with Crippen LogP contribution in [0.15, 0.2) is 18.5 Å². The van der Waals surface area contributed by atoms with Crippen LogP contribution >= 0.6 is 0 Å². The van der Waals surface area contributed by atoms with E-state index in [1.54, 1.807) is 12.3 Å². The van der Waals surface area contributed by atoms with Crippen molar-refractivity contribution in [3.63, 3.8) is 0 Å². The first-order valence-corrected chi connectivity index (χ1v) is 5.61. The van der Waals surface area contributed by atoms with Crippen LogP contribution < -0.4 is 10.6 Å². The number of anilines is 2. The van der Waals surface area contributed by atoms with Crippen LogP contribution in [0.3, 0.4) is 0 Å². The van der Waals surface area contributed by atoms with Gasteiger partial charge in [0, 0.05) is 13.1 Å². The molecule has 7 heteroatoms. The second-order valence-corrected chi connectivity index (χ2v) is 3.83. The van der Waals surface area contributed by atoms with E-state index in [1.165, 1.54) is 6.20 Å².